The van der Waals surface area contributed by atoms with Gasteiger partial charge in [0.2, 0.25) is 0 Å². The van der Waals surface area contributed by atoms with Gasteiger partial charge in [0.25, 0.3) is 0 Å². The predicted molar refractivity (Wildman–Crippen MR) is 68.0 cm³/mol. The van der Waals surface area contributed by atoms with E-state index < -0.39 is 0 Å². The molecule has 0 unspecified atom stereocenters. The van der Waals surface area contributed by atoms with Gasteiger partial charge in [0, 0.05) is 0 Å². The average Bonchev–Trinajstić information content (AvgIpc) is 2.26. The summed E-state index contributed by atoms with van der Waals surface area (Å²) in [5.74, 6) is 0. The molecule has 2 rings (SSSR count). The first-order valence-corrected chi connectivity index (χ1v) is 5.46. The molecule has 0 aliphatic rings. The third-order valence-electron chi connectivity index (χ3n) is 2.57. The Morgan fingerprint density at radius 3 is 2.53 bits per heavy atom. The van der Waals surface area contributed by atoms with Crippen LogP contribution in [0, 0.1) is 6.92 Å². The number of benzene rings is 2. The maximum atomic E-state index is 2.24. The van der Waals surface area contributed by atoms with E-state index in [4.69, 9.17) is 0 Å². The average molecular weight is 196 g/mol. The molecule has 0 aliphatic heterocycles. The second kappa shape index (κ2) is 4.31. The van der Waals surface area contributed by atoms with E-state index in [1.54, 1.807) is 0 Å². The minimum absolute atomic E-state index is 1.09. The van der Waals surface area contributed by atoms with Crippen molar-refractivity contribution in [1.29, 1.82) is 0 Å². The first-order valence-electron chi connectivity index (χ1n) is 5.46. The van der Waals surface area contributed by atoms with Crippen LogP contribution in [0.5, 0.6) is 0 Å². The molecular formula is C15H16. The number of hydrogen-bond acceptors (Lipinski definition) is 0. The first-order chi connectivity index (χ1) is 7.29. The molecule has 0 saturated heterocycles. The van der Waals surface area contributed by atoms with E-state index >= 15 is 0 Å². The lowest BCUT2D eigenvalue weighted by Crippen LogP contribution is -1.77. The standard InChI is InChI=1S/C15H16/c1-3-4-5-13-7-9-14-10-12(2)6-8-15(14)11-13/h4-11H,3H2,1-2H3. The molecule has 0 spiro atoms. The topological polar surface area (TPSA) is 0 Å². The molecule has 0 amide bonds. The quantitative estimate of drug-likeness (QED) is 0.660. The van der Waals surface area contributed by atoms with Crippen LogP contribution in [0.25, 0.3) is 16.8 Å². The highest BCUT2D eigenvalue weighted by Gasteiger charge is 1.94. The van der Waals surface area contributed by atoms with Gasteiger partial charge in [-0.15, -0.1) is 0 Å². The summed E-state index contributed by atoms with van der Waals surface area (Å²) in [6.45, 7) is 4.28. The van der Waals surface area contributed by atoms with Crippen LogP contribution in [0.1, 0.15) is 24.5 Å². The Balaban J connectivity index is 2.47. The maximum absolute atomic E-state index is 2.24. The highest BCUT2D eigenvalue weighted by Crippen LogP contribution is 2.18. The minimum atomic E-state index is 1.09. The molecule has 2 aromatic rings. The van der Waals surface area contributed by atoms with Gasteiger partial charge in [-0.25, -0.2) is 0 Å². The second-order valence-electron chi connectivity index (χ2n) is 3.92. The zero-order valence-corrected chi connectivity index (χ0v) is 9.33. The molecule has 0 fully saturated rings. The van der Waals surface area contributed by atoms with Gasteiger partial charge in [-0.05, 0) is 35.7 Å². The molecule has 0 atom stereocenters. The fraction of sp³-hybridized carbons (Fsp3) is 0.200. The fourth-order valence-electron chi connectivity index (χ4n) is 1.74. The van der Waals surface area contributed by atoms with Crippen molar-refractivity contribution in [3.8, 4) is 0 Å². The van der Waals surface area contributed by atoms with E-state index in [9.17, 15) is 0 Å². The van der Waals surface area contributed by atoms with Crippen molar-refractivity contribution in [2.24, 2.45) is 0 Å². The van der Waals surface area contributed by atoms with Gasteiger partial charge in [-0.2, -0.15) is 0 Å². The fourth-order valence-corrected chi connectivity index (χ4v) is 1.74. The van der Waals surface area contributed by atoms with Crippen LogP contribution < -0.4 is 0 Å². The van der Waals surface area contributed by atoms with Gasteiger partial charge in [0.05, 0.1) is 0 Å². The van der Waals surface area contributed by atoms with E-state index in [1.807, 2.05) is 0 Å². The van der Waals surface area contributed by atoms with Gasteiger partial charge in [-0.3, -0.25) is 0 Å². The highest BCUT2D eigenvalue weighted by atomic mass is 14.0. The number of aryl methyl sites for hydroxylation is 1. The van der Waals surface area contributed by atoms with E-state index in [0.717, 1.165) is 6.42 Å². The van der Waals surface area contributed by atoms with Crippen LogP contribution >= 0.6 is 0 Å². The Hall–Kier alpha value is -1.56. The van der Waals surface area contributed by atoms with Crippen LogP contribution in [0.2, 0.25) is 0 Å². The van der Waals surface area contributed by atoms with Crippen molar-refractivity contribution in [1.82, 2.24) is 0 Å². The second-order valence-corrected chi connectivity index (χ2v) is 3.92. The van der Waals surface area contributed by atoms with E-state index in [2.05, 4.69) is 62.4 Å². The Bertz CT molecular complexity index is 492. The molecule has 2 aromatic carbocycles. The smallest absolute Gasteiger partial charge is 0.0178 e. The van der Waals surface area contributed by atoms with Gasteiger partial charge < -0.3 is 0 Å². The maximum Gasteiger partial charge on any atom is -0.0178 e. The Labute approximate surface area is 91.2 Å². The van der Waals surface area contributed by atoms with E-state index in [-0.39, 0.29) is 0 Å². The third-order valence-corrected chi connectivity index (χ3v) is 2.57. The van der Waals surface area contributed by atoms with E-state index in [0.29, 0.717) is 0 Å². The molecule has 0 aliphatic carbocycles. The van der Waals surface area contributed by atoms with Crippen molar-refractivity contribution in [3.05, 3.63) is 53.6 Å². The summed E-state index contributed by atoms with van der Waals surface area (Å²) in [7, 11) is 0. The number of rotatable bonds is 2. The Morgan fingerprint density at radius 1 is 1.00 bits per heavy atom. The molecule has 0 heteroatoms. The zero-order chi connectivity index (χ0) is 10.7. The molecule has 0 nitrogen and oxygen atoms in total. The lowest BCUT2D eigenvalue weighted by molar-refractivity contribution is 1.23. The van der Waals surface area contributed by atoms with Crippen LogP contribution in [0.15, 0.2) is 42.5 Å². The summed E-state index contributed by atoms with van der Waals surface area (Å²) in [4.78, 5) is 0. The lowest BCUT2D eigenvalue weighted by Gasteiger charge is -2.01. The van der Waals surface area contributed by atoms with Crippen LogP contribution in [-0.4, -0.2) is 0 Å². The van der Waals surface area contributed by atoms with Crippen molar-refractivity contribution in [2.75, 3.05) is 0 Å². The zero-order valence-electron chi connectivity index (χ0n) is 9.33. The van der Waals surface area contributed by atoms with Gasteiger partial charge >= 0.3 is 0 Å². The van der Waals surface area contributed by atoms with Gasteiger partial charge in [0.1, 0.15) is 0 Å². The molecule has 0 aromatic heterocycles. The third kappa shape index (κ3) is 2.27. The monoisotopic (exact) mass is 196 g/mol. The first kappa shape index (κ1) is 9.97. The summed E-state index contributed by atoms with van der Waals surface area (Å²) in [5.41, 5.74) is 2.60. The molecule has 0 heterocycles. The summed E-state index contributed by atoms with van der Waals surface area (Å²) in [6, 6.07) is 13.2. The normalized spacial score (nSPS) is 11.3. The molecule has 0 bridgehead atoms. The van der Waals surface area contributed by atoms with Crippen molar-refractivity contribution < 1.29 is 0 Å². The van der Waals surface area contributed by atoms with Crippen LogP contribution in [0.4, 0.5) is 0 Å². The largest absolute Gasteiger partial charge is 0.0842 e. The van der Waals surface area contributed by atoms with Crippen molar-refractivity contribution in [2.45, 2.75) is 20.3 Å². The number of fused-ring (bicyclic) bond motifs is 1. The Kier molecular flexibility index (Phi) is 2.86. The lowest BCUT2D eigenvalue weighted by atomic mass is 10.0. The highest BCUT2D eigenvalue weighted by molar-refractivity contribution is 5.85. The molecule has 0 radical (unpaired) electrons. The molecule has 76 valence electrons. The van der Waals surface area contributed by atoms with Crippen molar-refractivity contribution in [3.63, 3.8) is 0 Å². The van der Waals surface area contributed by atoms with Gasteiger partial charge in [-0.1, -0.05) is 55.0 Å². The molecule has 15 heavy (non-hydrogen) atoms. The van der Waals surface area contributed by atoms with Crippen LogP contribution in [-0.2, 0) is 0 Å². The molecular weight excluding hydrogens is 180 g/mol. The Morgan fingerprint density at radius 2 is 1.73 bits per heavy atom. The molecule has 0 N–H and O–H groups in total. The van der Waals surface area contributed by atoms with Crippen molar-refractivity contribution >= 4 is 16.8 Å². The van der Waals surface area contributed by atoms with Crippen LogP contribution in [0.3, 0.4) is 0 Å². The molecule has 0 saturated carbocycles. The predicted octanol–water partition coefficient (Wildman–Crippen LogP) is 4.57. The summed E-state index contributed by atoms with van der Waals surface area (Å²) >= 11 is 0. The number of allylic oxidation sites excluding steroid dienone is 1. The van der Waals surface area contributed by atoms with E-state index in [1.165, 1.54) is 21.9 Å². The summed E-state index contributed by atoms with van der Waals surface area (Å²) < 4.78 is 0. The summed E-state index contributed by atoms with van der Waals surface area (Å²) in [6.07, 6.45) is 5.46. The minimum Gasteiger partial charge on any atom is -0.0842 e. The summed E-state index contributed by atoms with van der Waals surface area (Å²) in [5, 5.41) is 2.64. The SMILES string of the molecule is CCC=Cc1ccc2cc(C)ccc2c1. The van der Waals surface area contributed by atoms with Gasteiger partial charge in [0.15, 0.2) is 0 Å². The number of hydrogen-bond donors (Lipinski definition) is 0.